The molecular formula is C18H15ClFN3O2S. The fourth-order valence-corrected chi connectivity index (χ4v) is 3.11. The molecule has 1 N–H and O–H groups in total. The van der Waals surface area contributed by atoms with Gasteiger partial charge in [0.2, 0.25) is 11.8 Å². The Kier molecular flexibility index (Phi) is 5.58. The van der Waals surface area contributed by atoms with Crippen LogP contribution in [0.15, 0.2) is 52.1 Å². The minimum absolute atomic E-state index is 0.134. The quantitative estimate of drug-likeness (QED) is 0.623. The van der Waals surface area contributed by atoms with E-state index in [1.165, 1.54) is 12.1 Å². The number of carbonyl (C=O) groups excluding carboxylic acids is 1. The lowest BCUT2D eigenvalue weighted by Gasteiger charge is -2.11. The number of anilines is 1. The molecule has 0 aliphatic heterocycles. The van der Waals surface area contributed by atoms with Crippen molar-refractivity contribution < 1.29 is 13.6 Å². The Labute approximate surface area is 159 Å². The second-order valence-electron chi connectivity index (χ2n) is 5.56. The SMILES string of the molecule is Cc1ccccc1-c1nnc(S[C@@H](C)C(=O)Nc2ccc(F)cc2Cl)o1. The summed E-state index contributed by atoms with van der Waals surface area (Å²) in [6.45, 7) is 3.66. The minimum atomic E-state index is -0.513. The van der Waals surface area contributed by atoms with Crippen molar-refractivity contribution in [1.29, 1.82) is 0 Å². The fourth-order valence-electron chi connectivity index (χ4n) is 2.21. The molecule has 26 heavy (non-hydrogen) atoms. The summed E-state index contributed by atoms with van der Waals surface area (Å²) in [6.07, 6.45) is 0. The Morgan fingerprint density at radius 1 is 1.27 bits per heavy atom. The Morgan fingerprint density at radius 3 is 2.77 bits per heavy atom. The predicted molar refractivity (Wildman–Crippen MR) is 99.8 cm³/mol. The van der Waals surface area contributed by atoms with Crippen LogP contribution in [0.25, 0.3) is 11.5 Å². The summed E-state index contributed by atoms with van der Waals surface area (Å²) in [5, 5.41) is 10.6. The standard InChI is InChI=1S/C18H15ClFN3O2S/c1-10-5-3-4-6-13(10)17-22-23-18(25-17)26-11(2)16(24)21-15-8-7-12(20)9-14(15)19/h3-9,11H,1-2H3,(H,21,24)/t11-/m0/s1. The maximum atomic E-state index is 13.1. The highest BCUT2D eigenvalue weighted by Crippen LogP contribution is 2.29. The highest BCUT2D eigenvalue weighted by molar-refractivity contribution is 8.00. The van der Waals surface area contributed by atoms with Gasteiger partial charge in [0.15, 0.2) is 0 Å². The van der Waals surface area contributed by atoms with Gasteiger partial charge in [0, 0.05) is 5.56 Å². The molecule has 0 aliphatic rings. The van der Waals surface area contributed by atoms with E-state index in [1.54, 1.807) is 6.92 Å². The average Bonchev–Trinajstić information content (AvgIpc) is 3.06. The first-order chi connectivity index (χ1) is 12.4. The summed E-state index contributed by atoms with van der Waals surface area (Å²) in [5.74, 6) is -0.371. The molecule has 1 amide bonds. The van der Waals surface area contributed by atoms with Crippen LogP contribution in [0.5, 0.6) is 0 Å². The molecule has 0 unspecified atom stereocenters. The van der Waals surface area contributed by atoms with Gasteiger partial charge >= 0.3 is 0 Å². The predicted octanol–water partition coefficient (Wildman–Crippen LogP) is 4.96. The lowest BCUT2D eigenvalue weighted by Crippen LogP contribution is -2.22. The number of nitrogens with one attached hydrogen (secondary N) is 1. The third-order valence-electron chi connectivity index (χ3n) is 3.62. The number of nitrogens with zero attached hydrogens (tertiary/aromatic N) is 2. The molecule has 8 heteroatoms. The van der Waals surface area contributed by atoms with Crippen LogP contribution in [0.3, 0.4) is 0 Å². The molecule has 134 valence electrons. The van der Waals surface area contributed by atoms with Crippen molar-refractivity contribution in [2.75, 3.05) is 5.32 Å². The number of carbonyl (C=O) groups is 1. The molecule has 1 aromatic heterocycles. The Morgan fingerprint density at radius 2 is 2.04 bits per heavy atom. The number of rotatable bonds is 5. The van der Waals surface area contributed by atoms with E-state index < -0.39 is 11.1 Å². The molecule has 0 bridgehead atoms. The second-order valence-corrected chi connectivity index (χ2v) is 7.26. The van der Waals surface area contributed by atoms with Gasteiger partial charge in [-0.3, -0.25) is 4.79 Å². The van der Waals surface area contributed by atoms with E-state index >= 15 is 0 Å². The smallest absolute Gasteiger partial charge is 0.277 e. The van der Waals surface area contributed by atoms with Crippen LogP contribution >= 0.6 is 23.4 Å². The normalized spacial score (nSPS) is 12.0. The molecule has 0 spiro atoms. The molecule has 1 heterocycles. The number of aryl methyl sites for hydroxylation is 1. The average molecular weight is 392 g/mol. The topological polar surface area (TPSA) is 68.0 Å². The Hall–Kier alpha value is -2.38. The van der Waals surface area contributed by atoms with Crippen molar-refractivity contribution in [2.24, 2.45) is 0 Å². The monoisotopic (exact) mass is 391 g/mol. The number of benzene rings is 2. The van der Waals surface area contributed by atoms with Crippen LogP contribution in [-0.4, -0.2) is 21.4 Å². The van der Waals surface area contributed by atoms with Crippen LogP contribution in [0.2, 0.25) is 5.02 Å². The van der Waals surface area contributed by atoms with Gasteiger partial charge in [0.25, 0.3) is 5.22 Å². The van der Waals surface area contributed by atoms with Gasteiger partial charge in [-0.1, -0.05) is 41.6 Å². The summed E-state index contributed by atoms with van der Waals surface area (Å²) in [4.78, 5) is 12.3. The number of aromatic nitrogens is 2. The highest BCUT2D eigenvalue weighted by Gasteiger charge is 2.20. The number of hydrogen-bond donors (Lipinski definition) is 1. The summed E-state index contributed by atoms with van der Waals surface area (Å²) >= 11 is 7.05. The molecule has 0 saturated heterocycles. The molecule has 5 nitrogen and oxygen atoms in total. The molecular weight excluding hydrogens is 377 g/mol. The summed E-state index contributed by atoms with van der Waals surface area (Å²) in [5.41, 5.74) is 2.21. The molecule has 3 aromatic rings. The van der Waals surface area contributed by atoms with E-state index in [2.05, 4.69) is 15.5 Å². The van der Waals surface area contributed by atoms with Gasteiger partial charge in [-0.2, -0.15) is 0 Å². The van der Waals surface area contributed by atoms with Crippen LogP contribution in [0.4, 0.5) is 10.1 Å². The summed E-state index contributed by atoms with van der Waals surface area (Å²) in [6, 6.07) is 11.4. The Balaban J connectivity index is 1.67. The van der Waals surface area contributed by atoms with Gasteiger partial charge in [0.1, 0.15) is 5.82 Å². The lowest BCUT2D eigenvalue weighted by atomic mass is 10.1. The van der Waals surface area contributed by atoms with E-state index in [4.69, 9.17) is 16.0 Å². The Bertz CT molecular complexity index is 948. The first kappa shape index (κ1) is 18.4. The van der Waals surface area contributed by atoms with E-state index in [0.29, 0.717) is 11.6 Å². The molecule has 0 fully saturated rings. The van der Waals surface area contributed by atoms with Gasteiger partial charge in [-0.15, -0.1) is 10.2 Å². The molecule has 3 rings (SSSR count). The van der Waals surface area contributed by atoms with E-state index in [1.807, 2.05) is 31.2 Å². The maximum absolute atomic E-state index is 13.1. The van der Waals surface area contributed by atoms with Crippen LogP contribution < -0.4 is 5.32 Å². The molecule has 0 aliphatic carbocycles. The largest absolute Gasteiger partial charge is 0.411 e. The third kappa shape index (κ3) is 4.23. The fraction of sp³-hybridized carbons (Fsp3) is 0.167. The van der Waals surface area contributed by atoms with Crippen molar-refractivity contribution in [1.82, 2.24) is 10.2 Å². The van der Waals surface area contributed by atoms with Crippen molar-refractivity contribution >= 4 is 35.0 Å². The van der Waals surface area contributed by atoms with Crippen LogP contribution in [0.1, 0.15) is 12.5 Å². The minimum Gasteiger partial charge on any atom is -0.411 e. The van der Waals surface area contributed by atoms with Gasteiger partial charge < -0.3 is 9.73 Å². The summed E-state index contributed by atoms with van der Waals surface area (Å²) in [7, 11) is 0. The zero-order chi connectivity index (χ0) is 18.7. The third-order valence-corrected chi connectivity index (χ3v) is 4.86. The van der Waals surface area contributed by atoms with Gasteiger partial charge in [-0.05, 0) is 43.7 Å². The van der Waals surface area contributed by atoms with Crippen molar-refractivity contribution in [3.63, 3.8) is 0 Å². The number of halogens is 2. The van der Waals surface area contributed by atoms with Crippen LogP contribution in [-0.2, 0) is 4.79 Å². The molecule has 0 saturated carbocycles. The van der Waals surface area contributed by atoms with Crippen molar-refractivity contribution in [3.05, 3.63) is 58.9 Å². The molecule has 2 aromatic carbocycles. The molecule has 1 atom stereocenters. The van der Waals surface area contributed by atoms with Crippen molar-refractivity contribution in [2.45, 2.75) is 24.3 Å². The van der Waals surface area contributed by atoms with E-state index in [9.17, 15) is 9.18 Å². The highest BCUT2D eigenvalue weighted by atomic mass is 35.5. The molecule has 0 radical (unpaired) electrons. The summed E-state index contributed by atoms with van der Waals surface area (Å²) < 4.78 is 18.7. The maximum Gasteiger partial charge on any atom is 0.277 e. The second kappa shape index (κ2) is 7.88. The zero-order valence-electron chi connectivity index (χ0n) is 14.0. The number of thioether (sulfide) groups is 1. The van der Waals surface area contributed by atoms with Gasteiger partial charge in [-0.25, -0.2) is 4.39 Å². The van der Waals surface area contributed by atoms with E-state index in [-0.39, 0.29) is 16.2 Å². The van der Waals surface area contributed by atoms with Crippen LogP contribution in [0, 0.1) is 12.7 Å². The lowest BCUT2D eigenvalue weighted by molar-refractivity contribution is -0.115. The first-order valence-electron chi connectivity index (χ1n) is 7.76. The number of amides is 1. The zero-order valence-corrected chi connectivity index (χ0v) is 15.6. The first-order valence-corrected chi connectivity index (χ1v) is 9.02. The van der Waals surface area contributed by atoms with Gasteiger partial charge in [0.05, 0.1) is 16.0 Å². The number of hydrogen-bond acceptors (Lipinski definition) is 5. The van der Waals surface area contributed by atoms with Crippen molar-refractivity contribution in [3.8, 4) is 11.5 Å². The van der Waals surface area contributed by atoms with E-state index in [0.717, 1.165) is 29.0 Å².